The van der Waals surface area contributed by atoms with Gasteiger partial charge in [-0.3, -0.25) is 4.79 Å². The molecule has 1 aromatic heterocycles. The highest BCUT2D eigenvalue weighted by Gasteiger charge is 2.22. The summed E-state index contributed by atoms with van der Waals surface area (Å²) in [6.07, 6.45) is 0.373. The molecule has 0 spiro atoms. The van der Waals surface area contributed by atoms with Crippen molar-refractivity contribution in [3.05, 3.63) is 47.4 Å². The summed E-state index contributed by atoms with van der Waals surface area (Å²) in [5.41, 5.74) is 0.226. The normalized spacial score (nSPS) is 10.6. The first-order chi connectivity index (χ1) is 9.45. The molecule has 2 aromatic rings. The molecule has 0 aliphatic carbocycles. The Labute approximate surface area is 112 Å². The fraction of sp³-hybridized carbons (Fsp3) is 0.154. The maximum atomic E-state index is 13.8. The quantitative estimate of drug-likeness (QED) is 0.492. The largest absolute Gasteiger partial charge is 0.296 e. The van der Waals surface area contributed by atoms with Gasteiger partial charge in [-0.25, -0.2) is 17.9 Å². The Morgan fingerprint density at radius 1 is 1.35 bits per heavy atom. The van der Waals surface area contributed by atoms with Gasteiger partial charge in [-0.2, -0.15) is 0 Å². The van der Waals surface area contributed by atoms with Crippen LogP contribution in [0.15, 0.2) is 24.3 Å². The molecule has 0 aliphatic rings. The van der Waals surface area contributed by atoms with Crippen LogP contribution in [0.25, 0.3) is 11.3 Å². The lowest BCUT2D eigenvalue weighted by Gasteiger charge is -2.08. The first kappa shape index (κ1) is 14.0. The summed E-state index contributed by atoms with van der Waals surface area (Å²) in [4.78, 5) is 10.9. The number of allylic oxidation sites excluding steroid dienone is 1. The van der Waals surface area contributed by atoms with Gasteiger partial charge in [0.2, 0.25) is 0 Å². The summed E-state index contributed by atoms with van der Waals surface area (Å²) in [5, 5.41) is 7.27. The Bertz CT molecular complexity index is 694. The smallest absolute Gasteiger partial charge is 0.195 e. The minimum Gasteiger partial charge on any atom is -0.296 e. The van der Waals surface area contributed by atoms with Crippen LogP contribution in [0, 0.1) is 17.5 Å². The van der Waals surface area contributed by atoms with Crippen molar-refractivity contribution in [3.8, 4) is 11.3 Å². The second kappa shape index (κ2) is 5.28. The summed E-state index contributed by atoms with van der Waals surface area (Å²) in [7, 11) is 0. The van der Waals surface area contributed by atoms with E-state index in [1.807, 2.05) is 0 Å². The van der Waals surface area contributed by atoms with Crippen LogP contribution < -0.4 is 0 Å². The molecule has 0 aliphatic heterocycles. The molecule has 1 heterocycles. The predicted octanol–water partition coefficient (Wildman–Crippen LogP) is 2.75. The topological polar surface area (TPSA) is 47.8 Å². The number of aromatic nitrogens is 3. The van der Waals surface area contributed by atoms with Crippen molar-refractivity contribution in [3.63, 3.8) is 0 Å². The SMILES string of the molecule is C=C(C)Cn1nnc(C=O)c1-c1ccc(F)c(F)c1F. The van der Waals surface area contributed by atoms with Gasteiger partial charge in [0, 0.05) is 5.56 Å². The average Bonchev–Trinajstić information content (AvgIpc) is 2.78. The molecule has 0 N–H and O–H groups in total. The lowest BCUT2D eigenvalue weighted by molar-refractivity contribution is 0.111. The van der Waals surface area contributed by atoms with Crippen LogP contribution in [-0.4, -0.2) is 21.3 Å². The Kier molecular flexibility index (Phi) is 3.69. The molecular formula is C13H10F3N3O. The third kappa shape index (κ3) is 2.34. The molecule has 0 saturated carbocycles. The van der Waals surface area contributed by atoms with Crippen molar-refractivity contribution < 1.29 is 18.0 Å². The Morgan fingerprint density at radius 2 is 2.05 bits per heavy atom. The van der Waals surface area contributed by atoms with Crippen molar-refractivity contribution in [2.24, 2.45) is 0 Å². The number of hydrogen-bond acceptors (Lipinski definition) is 3. The van der Waals surface area contributed by atoms with Crippen LogP contribution in [0.5, 0.6) is 0 Å². The van der Waals surface area contributed by atoms with Crippen LogP contribution in [0.2, 0.25) is 0 Å². The molecule has 1 aromatic carbocycles. The molecule has 0 amide bonds. The number of aldehydes is 1. The van der Waals surface area contributed by atoms with E-state index in [1.54, 1.807) is 6.92 Å². The highest BCUT2D eigenvalue weighted by molar-refractivity contribution is 5.83. The molecule has 0 saturated heterocycles. The summed E-state index contributed by atoms with van der Waals surface area (Å²) in [6, 6.07) is 1.81. The van der Waals surface area contributed by atoms with E-state index < -0.39 is 17.5 Å². The molecule has 20 heavy (non-hydrogen) atoms. The maximum absolute atomic E-state index is 13.8. The van der Waals surface area contributed by atoms with Gasteiger partial charge in [-0.05, 0) is 19.1 Å². The molecule has 104 valence electrons. The molecule has 2 rings (SSSR count). The molecule has 0 atom stereocenters. The van der Waals surface area contributed by atoms with Crippen molar-refractivity contribution >= 4 is 6.29 Å². The Morgan fingerprint density at radius 3 is 2.65 bits per heavy atom. The van der Waals surface area contributed by atoms with E-state index in [1.165, 1.54) is 4.68 Å². The van der Waals surface area contributed by atoms with Gasteiger partial charge >= 0.3 is 0 Å². The molecule has 0 radical (unpaired) electrons. The number of hydrogen-bond donors (Lipinski definition) is 0. The lowest BCUT2D eigenvalue weighted by atomic mass is 10.1. The van der Waals surface area contributed by atoms with Gasteiger partial charge in [0.1, 0.15) is 5.69 Å². The van der Waals surface area contributed by atoms with Crippen LogP contribution in [-0.2, 0) is 6.54 Å². The number of rotatable bonds is 4. The molecule has 7 heteroatoms. The van der Waals surface area contributed by atoms with E-state index in [2.05, 4.69) is 16.9 Å². The van der Waals surface area contributed by atoms with Gasteiger partial charge in [0.05, 0.1) is 6.54 Å². The Hall–Kier alpha value is -2.44. The van der Waals surface area contributed by atoms with E-state index in [4.69, 9.17) is 0 Å². The molecule has 0 unspecified atom stereocenters. The van der Waals surface area contributed by atoms with Gasteiger partial charge in [0.15, 0.2) is 29.4 Å². The fourth-order valence-electron chi connectivity index (χ4n) is 1.76. The van der Waals surface area contributed by atoms with E-state index in [9.17, 15) is 18.0 Å². The third-order valence-electron chi connectivity index (χ3n) is 2.58. The van der Waals surface area contributed by atoms with E-state index in [0.29, 0.717) is 11.9 Å². The second-order valence-electron chi connectivity index (χ2n) is 4.28. The van der Waals surface area contributed by atoms with Crippen molar-refractivity contribution in [2.45, 2.75) is 13.5 Å². The van der Waals surface area contributed by atoms with Gasteiger partial charge in [-0.15, -0.1) is 5.10 Å². The standard InChI is InChI=1S/C13H10F3N3O/c1-7(2)5-19-13(10(6-20)17-18-19)8-3-4-9(14)12(16)11(8)15/h3-4,6H,1,5H2,2H3. The number of benzene rings is 1. The van der Waals surface area contributed by atoms with Gasteiger partial charge in [0.25, 0.3) is 0 Å². The monoisotopic (exact) mass is 281 g/mol. The lowest BCUT2D eigenvalue weighted by Crippen LogP contribution is -2.06. The fourth-order valence-corrected chi connectivity index (χ4v) is 1.76. The minimum absolute atomic E-state index is 0.0144. The van der Waals surface area contributed by atoms with Crippen LogP contribution in [0.3, 0.4) is 0 Å². The number of carbonyl (C=O) groups excluding carboxylic acids is 1. The van der Waals surface area contributed by atoms with E-state index in [0.717, 1.165) is 12.1 Å². The average molecular weight is 281 g/mol. The van der Waals surface area contributed by atoms with Gasteiger partial charge < -0.3 is 0 Å². The van der Waals surface area contributed by atoms with Crippen molar-refractivity contribution in [1.29, 1.82) is 0 Å². The van der Waals surface area contributed by atoms with Crippen molar-refractivity contribution in [2.75, 3.05) is 0 Å². The van der Waals surface area contributed by atoms with Crippen LogP contribution >= 0.6 is 0 Å². The molecular weight excluding hydrogens is 271 g/mol. The van der Waals surface area contributed by atoms with Crippen LogP contribution in [0.1, 0.15) is 17.4 Å². The van der Waals surface area contributed by atoms with Crippen molar-refractivity contribution in [1.82, 2.24) is 15.0 Å². The van der Waals surface area contributed by atoms with Gasteiger partial charge in [-0.1, -0.05) is 17.4 Å². The Balaban J connectivity index is 2.68. The van der Waals surface area contributed by atoms with E-state index in [-0.39, 0.29) is 23.5 Å². The first-order valence-corrected chi connectivity index (χ1v) is 5.62. The minimum atomic E-state index is -1.61. The zero-order valence-corrected chi connectivity index (χ0v) is 10.5. The first-order valence-electron chi connectivity index (χ1n) is 5.62. The second-order valence-corrected chi connectivity index (χ2v) is 4.28. The number of nitrogens with zero attached hydrogens (tertiary/aromatic N) is 3. The highest BCUT2D eigenvalue weighted by Crippen LogP contribution is 2.27. The summed E-state index contributed by atoms with van der Waals surface area (Å²) in [5.74, 6) is -4.31. The number of carbonyl (C=O) groups is 1. The molecule has 0 bridgehead atoms. The number of halogens is 3. The zero-order valence-electron chi connectivity index (χ0n) is 10.5. The van der Waals surface area contributed by atoms with Crippen LogP contribution in [0.4, 0.5) is 13.2 Å². The third-order valence-corrected chi connectivity index (χ3v) is 2.58. The molecule has 0 fully saturated rings. The summed E-state index contributed by atoms with van der Waals surface area (Å²) < 4.78 is 41.3. The zero-order chi connectivity index (χ0) is 14.9. The predicted molar refractivity (Wildman–Crippen MR) is 65.5 cm³/mol. The summed E-state index contributed by atoms with van der Waals surface area (Å²) >= 11 is 0. The highest BCUT2D eigenvalue weighted by atomic mass is 19.2. The van der Waals surface area contributed by atoms with E-state index >= 15 is 0 Å². The molecule has 4 nitrogen and oxygen atoms in total. The summed E-state index contributed by atoms with van der Waals surface area (Å²) in [6.45, 7) is 5.55. The maximum Gasteiger partial charge on any atom is 0.195 e.